The van der Waals surface area contributed by atoms with Crippen LogP contribution < -0.4 is 4.74 Å². The second kappa shape index (κ2) is 7.51. The summed E-state index contributed by atoms with van der Waals surface area (Å²) in [6.45, 7) is 1.87. The Balaban J connectivity index is 1.82. The molecule has 104 valence electrons. The Morgan fingerprint density at radius 1 is 1.00 bits per heavy atom. The van der Waals surface area contributed by atoms with E-state index in [0.29, 0.717) is 0 Å². The third-order valence-corrected chi connectivity index (χ3v) is 3.14. The molecular weight excluding hydrogens is 246 g/mol. The third kappa shape index (κ3) is 4.56. The van der Waals surface area contributed by atoms with Crippen molar-refractivity contribution in [1.29, 1.82) is 0 Å². The van der Waals surface area contributed by atoms with Crippen molar-refractivity contribution >= 4 is 6.08 Å². The first kappa shape index (κ1) is 14.4. The van der Waals surface area contributed by atoms with E-state index in [1.54, 1.807) is 7.11 Å². The molecule has 0 aromatic heterocycles. The van der Waals surface area contributed by atoms with Crippen molar-refractivity contribution in [1.82, 2.24) is 4.90 Å². The molecule has 2 rings (SSSR count). The van der Waals surface area contributed by atoms with E-state index in [9.17, 15) is 0 Å². The second-order valence-corrected chi connectivity index (χ2v) is 4.86. The summed E-state index contributed by atoms with van der Waals surface area (Å²) in [6, 6.07) is 18.6. The van der Waals surface area contributed by atoms with Crippen molar-refractivity contribution in [2.45, 2.75) is 6.54 Å². The van der Waals surface area contributed by atoms with E-state index in [1.165, 1.54) is 11.1 Å². The molecule has 2 nitrogen and oxygen atoms in total. The van der Waals surface area contributed by atoms with Crippen molar-refractivity contribution in [3.8, 4) is 5.75 Å². The second-order valence-electron chi connectivity index (χ2n) is 4.86. The van der Waals surface area contributed by atoms with Crippen LogP contribution in [0.15, 0.2) is 60.7 Å². The van der Waals surface area contributed by atoms with E-state index in [0.717, 1.165) is 18.8 Å². The molecule has 0 heterocycles. The standard InChI is InChI=1S/C18H21NO/c1-19(14-6-9-16-7-4-3-5-8-16)15-17-10-12-18(20-2)13-11-17/h3-13H,14-15H2,1-2H3/b9-6+. The molecule has 0 aliphatic heterocycles. The summed E-state index contributed by atoms with van der Waals surface area (Å²) in [5.74, 6) is 0.903. The lowest BCUT2D eigenvalue weighted by atomic mass is 10.2. The molecule has 2 aromatic carbocycles. The molecule has 0 fully saturated rings. The van der Waals surface area contributed by atoms with E-state index >= 15 is 0 Å². The number of likely N-dealkylation sites (N-methyl/N-ethyl adjacent to an activating group) is 1. The minimum Gasteiger partial charge on any atom is -0.497 e. The van der Waals surface area contributed by atoms with Crippen molar-refractivity contribution < 1.29 is 4.74 Å². The van der Waals surface area contributed by atoms with Gasteiger partial charge in [-0.1, -0.05) is 54.6 Å². The summed E-state index contributed by atoms with van der Waals surface area (Å²) in [7, 11) is 3.81. The van der Waals surface area contributed by atoms with Crippen LogP contribution in [0.3, 0.4) is 0 Å². The number of ether oxygens (including phenoxy) is 1. The van der Waals surface area contributed by atoms with Crippen LogP contribution >= 0.6 is 0 Å². The van der Waals surface area contributed by atoms with E-state index in [2.05, 4.69) is 60.5 Å². The first-order valence-electron chi connectivity index (χ1n) is 6.81. The zero-order valence-electron chi connectivity index (χ0n) is 12.1. The van der Waals surface area contributed by atoms with Crippen LogP contribution in [0, 0.1) is 0 Å². The van der Waals surface area contributed by atoms with Gasteiger partial charge in [0, 0.05) is 13.1 Å². The normalized spacial score (nSPS) is 11.2. The monoisotopic (exact) mass is 267 g/mol. The quantitative estimate of drug-likeness (QED) is 0.788. The van der Waals surface area contributed by atoms with Gasteiger partial charge in [0.2, 0.25) is 0 Å². The van der Waals surface area contributed by atoms with E-state index < -0.39 is 0 Å². The maximum absolute atomic E-state index is 5.16. The van der Waals surface area contributed by atoms with Gasteiger partial charge in [-0.25, -0.2) is 0 Å². The zero-order valence-corrected chi connectivity index (χ0v) is 12.1. The summed E-state index contributed by atoms with van der Waals surface area (Å²) in [5, 5.41) is 0. The van der Waals surface area contributed by atoms with Gasteiger partial charge in [-0.15, -0.1) is 0 Å². The first-order valence-corrected chi connectivity index (χ1v) is 6.81. The summed E-state index contributed by atoms with van der Waals surface area (Å²) < 4.78 is 5.16. The molecular formula is C18H21NO. The number of nitrogens with zero attached hydrogens (tertiary/aromatic N) is 1. The Morgan fingerprint density at radius 2 is 1.70 bits per heavy atom. The first-order chi connectivity index (χ1) is 9.78. The van der Waals surface area contributed by atoms with E-state index in [1.807, 2.05) is 18.2 Å². The van der Waals surface area contributed by atoms with Crippen LogP contribution in [-0.2, 0) is 6.54 Å². The molecule has 0 aliphatic rings. The minimum absolute atomic E-state index is 0.903. The van der Waals surface area contributed by atoms with Gasteiger partial charge in [-0.2, -0.15) is 0 Å². The van der Waals surface area contributed by atoms with E-state index in [4.69, 9.17) is 4.74 Å². The van der Waals surface area contributed by atoms with Crippen molar-refractivity contribution in [2.75, 3.05) is 20.7 Å². The SMILES string of the molecule is COc1ccc(CN(C)C/C=C/c2ccccc2)cc1. The molecule has 0 atom stereocenters. The Bertz CT molecular complexity index is 531. The van der Waals surface area contributed by atoms with Gasteiger partial charge >= 0.3 is 0 Å². The maximum atomic E-state index is 5.16. The number of benzene rings is 2. The van der Waals surface area contributed by atoms with Crippen LogP contribution in [0.4, 0.5) is 0 Å². The number of hydrogen-bond acceptors (Lipinski definition) is 2. The fourth-order valence-corrected chi connectivity index (χ4v) is 2.04. The summed E-state index contributed by atoms with van der Waals surface area (Å²) >= 11 is 0. The molecule has 0 spiro atoms. The minimum atomic E-state index is 0.903. The predicted octanol–water partition coefficient (Wildman–Crippen LogP) is 3.84. The highest BCUT2D eigenvalue weighted by Crippen LogP contribution is 2.12. The lowest BCUT2D eigenvalue weighted by Crippen LogP contribution is -2.17. The maximum Gasteiger partial charge on any atom is 0.118 e. The Labute approximate surface area is 121 Å². The number of rotatable bonds is 6. The van der Waals surface area contributed by atoms with Gasteiger partial charge in [0.25, 0.3) is 0 Å². The lowest BCUT2D eigenvalue weighted by molar-refractivity contribution is 0.363. The molecule has 2 heteroatoms. The Hall–Kier alpha value is -2.06. The summed E-state index contributed by atoms with van der Waals surface area (Å²) in [5.41, 5.74) is 2.53. The van der Waals surface area contributed by atoms with Crippen LogP contribution in [0.25, 0.3) is 6.08 Å². The number of hydrogen-bond donors (Lipinski definition) is 0. The molecule has 0 radical (unpaired) electrons. The molecule has 0 bridgehead atoms. The molecule has 0 saturated heterocycles. The molecule has 0 aliphatic carbocycles. The average molecular weight is 267 g/mol. The Kier molecular flexibility index (Phi) is 5.39. The van der Waals surface area contributed by atoms with Crippen molar-refractivity contribution in [2.24, 2.45) is 0 Å². The van der Waals surface area contributed by atoms with Gasteiger partial charge in [-0.05, 0) is 30.3 Å². The highest BCUT2D eigenvalue weighted by Gasteiger charge is 1.99. The molecule has 20 heavy (non-hydrogen) atoms. The van der Waals surface area contributed by atoms with Crippen molar-refractivity contribution in [3.63, 3.8) is 0 Å². The third-order valence-electron chi connectivity index (χ3n) is 3.14. The highest BCUT2D eigenvalue weighted by atomic mass is 16.5. The largest absolute Gasteiger partial charge is 0.497 e. The topological polar surface area (TPSA) is 12.5 Å². The van der Waals surface area contributed by atoms with Gasteiger partial charge in [0.15, 0.2) is 0 Å². The van der Waals surface area contributed by atoms with Crippen LogP contribution in [-0.4, -0.2) is 25.6 Å². The van der Waals surface area contributed by atoms with Gasteiger partial charge in [0.1, 0.15) is 5.75 Å². The lowest BCUT2D eigenvalue weighted by Gasteiger charge is -2.14. The van der Waals surface area contributed by atoms with Gasteiger partial charge in [-0.3, -0.25) is 4.90 Å². The zero-order chi connectivity index (χ0) is 14.2. The average Bonchev–Trinajstić information content (AvgIpc) is 2.49. The highest BCUT2D eigenvalue weighted by molar-refractivity contribution is 5.48. The molecule has 0 N–H and O–H groups in total. The fraction of sp³-hybridized carbons (Fsp3) is 0.222. The molecule has 0 saturated carbocycles. The van der Waals surface area contributed by atoms with Crippen LogP contribution in [0.1, 0.15) is 11.1 Å². The number of methoxy groups -OCH3 is 1. The summed E-state index contributed by atoms with van der Waals surface area (Å²) in [6.07, 6.45) is 4.35. The smallest absolute Gasteiger partial charge is 0.118 e. The molecule has 2 aromatic rings. The molecule has 0 amide bonds. The summed E-state index contributed by atoms with van der Waals surface area (Å²) in [4.78, 5) is 2.28. The van der Waals surface area contributed by atoms with Crippen molar-refractivity contribution in [3.05, 3.63) is 71.8 Å². The van der Waals surface area contributed by atoms with Crippen LogP contribution in [0.2, 0.25) is 0 Å². The Morgan fingerprint density at radius 3 is 2.35 bits per heavy atom. The van der Waals surface area contributed by atoms with Gasteiger partial charge in [0.05, 0.1) is 7.11 Å². The molecule has 0 unspecified atom stereocenters. The van der Waals surface area contributed by atoms with Crippen LogP contribution in [0.5, 0.6) is 5.75 Å². The van der Waals surface area contributed by atoms with E-state index in [-0.39, 0.29) is 0 Å². The van der Waals surface area contributed by atoms with Gasteiger partial charge < -0.3 is 4.74 Å². The fourth-order valence-electron chi connectivity index (χ4n) is 2.04. The predicted molar refractivity (Wildman–Crippen MR) is 84.8 cm³/mol.